The molecule has 7 nitrogen and oxygen atoms in total. The average molecular weight is 314 g/mol. The topological polar surface area (TPSA) is 99.1 Å². The maximum absolute atomic E-state index is 12.0. The number of carboxylic acid groups (broad SMARTS) is 1. The van der Waals surface area contributed by atoms with Crippen LogP contribution in [-0.2, 0) is 9.53 Å². The second-order valence-corrected chi connectivity index (χ2v) is 7.70. The number of hydrogen-bond donors (Lipinski definition) is 3. The van der Waals surface area contributed by atoms with Crippen molar-refractivity contribution in [1.82, 2.24) is 10.2 Å². The van der Waals surface area contributed by atoms with Gasteiger partial charge in [0.15, 0.2) is 0 Å². The molecule has 1 heterocycles. The van der Waals surface area contributed by atoms with Gasteiger partial charge >= 0.3 is 12.1 Å². The number of carboxylic acids is 1. The highest BCUT2D eigenvalue weighted by Gasteiger charge is 2.50. The highest BCUT2D eigenvalue weighted by atomic mass is 16.6. The Balaban J connectivity index is 1.90. The molecule has 2 aliphatic rings. The maximum Gasteiger partial charge on any atom is 0.410 e. The number of nitrogens with zero attached hydrogens (tertiary/aromatic N) is 1. The highest BCUT2D eigenvalue weighted by molar-refractivity contribution is 5.73. The fourth-order valence-corrected chi connectivity index (χ4v) is 2.66. The minimum atomic E-state index is -0.898. The predicted molar refractivity (Wildman–Crippen MR) is 79.5 cm³/mol. The number of likely N-dealkylation sites (tertiary alicyclic amines) is 1. The SMILES string of the molecule is CC(C)(C)OC(=O)N1CC(CC(=O)O)(NCC2(CO)CC2)C1. The van der Waals surface area contributed by atoms with Crippen molar-refractivity contribution < 1.29 is 24.5 Å². The predicted octanol–water partition coefficient (Wildman–Crippen LogP) is 0.813. The Morgan fingerprint density at radius 3 is 2.27 bits per heavy atom. The van der Waals surface area contributed by atoms with Crippen LogP contribution in [0.2, 0.25) is 0 Å². The van der Waals surface area contributed by atoms with Gasteiger partial charge in [-0.2, -0.15) is 0 Å². The lowest BCUT2D eigenvalue weighted by molar-refractivity contribution is -0.141. The molecule has 1 saturated heterocycles. The van der Waals surface area contributed by atoms with Gasteiger partial charge in [0.2, 0.25) is 0 Å². The third-order valence-electron chi connectivity index (χ3n) is 4.26. The number of aliphatic hydroxyl groups is 1. The molecular weight excluding hydrogens is 288 g/mol. The molecule has 1 aliphatic heterocycles. The Hall–Kier alpha value is -1.34. The lowest BCUT2D eigenvalue weighted by Crippen LogP contribution is -2.71. The molecule has 1 aliphatic carbocycles. The molecule has 0 bridgehead atoms. The van der Waals surface area contributed by atoms with Gasteiger partial charge in [-0.05, 0) is 33.6 Å². The molecule has 3 N–H and O–H groups in total. The number of rotatable bonds is 6. The number of amides is 1. The summed E-state index contributed by atoms with van der Waals surface area (Å²) in [6.07, 6.45) is 1.44. The highest BCUT2D eigenvalue weighted by Crippen LogP contribution is 2.45. The molecule has 0 aromatic rings. The summed E-state index contributed by atoms with van der Waals surface area (Å²) in [5.74, 6) is -0.898. The van der Waals surface area contributed by atoms with Gasteiger partial charge in [-0.25, -0.2) is 4.79 Å². The molecule has 22 heavy (non-hydrogen) atoms. The van der Waals surface area contributed by atoms with Crippen LogP contribution in [0.25, 0.3) is 0 Å². The van der Waals surface area contributed by atoms with Gasteiger partial charge in [0, 0.05) is 31.7 Å². The van der Waals surface area contributed by atoms with Crippen molar-refractivity contribution in [3.8, 4) is 0 Å². The molecule has 2 fully saturated rings. The molecule has 0 aromatic carbocycles. The first kappa shape index (κ1) is 17.0. The molecule has 1 saturated carbocycles. The summed E-state index contributed by atoms with van der Waals surface area (Å²) in [4.78, 5) is 24.6. The Morgan fingerprint density at radius 1 is 1.27 bits per heavy atom. The van der Waals surface area contributed by atoms with E-state index >= 15 is 0 Å². The summed E-state index contributed by atoms with van der Waals surface area (Å²) in [6, 6.07) is 0. The third-order valence-corrected chi connectivity index (χ3v) is 4.26. The van der Waals surface area contributed by atoms with Gasteiger partial charge in [0.05, 0.1) is 12.0 Å². The fraction of sp³-hybridized carbons (Fsp3) is 0.867. The Labute approximate surface area is 130 Å². The standard InChI is InChI=1S/C15H26N2O5/c1-13(2,3)22-12(21)17-8-15(9-17,6-11(19)20)16-7-14(10-18)4-5-14/h16,18H,4-10H2,1-3H3,(H,19,20). The van der Waals surface area contributed by atoms with Crippen LogP contribution in [0.5, 0.6) is 0 Å². The zero-order chi connectivity index (χ0) is 16.6. The van der Waals surface area contributed by atoms with E-state index in [-0.39, 0.29) is 18.4 Å². The number of aliphatic hydroxyl groups excluding tert-OH is 1. The number of ether oxygens (including phenoxy) is 1. The van der Waals surface area contributed by atoms with E-state index < -0.39 is 23.2 Å². The van der Waals surface area contributed by atoms with Crippen LogP contribution in [0.1, 0.15) is 40.0 Å². The zero-order valence-electron chi connectivity index (χ0n) is 13.5. The van der Waals surface area contributed by atoms with Crippen molar-refractivity contribution >= 4 is 12.1 Å². The quantitative estimate of drug-likeness (QED) is 0.671. The summed E-state index contributed by atoms with van der Waals surface area (Å²) in [7, 11) is 0. The van der Waals surface area contributed by atoms with Crippen molar-refractivity contribution in [3.05, 3.63) is 0 Å². The number of hydrogen-bond acceptors (Lipinski definition) is 5. The monoisotopic (exact) mass is 314 g/mol. The van der Waals surface area contributed by atoms with Crippen LogP contribution in [0.4, 0.5) is 4.79 Å². The summed E-state index contributed by atoms with van der Waals surface area (Å²) in [6.45, 7) is 6.71. The van der Waals surface area contributed by atoms with E-state index in [1.807, 2.05) is 0 Å². The fourth-order valence-electron chi connectivity index (χ4n) is 2.66. The van der Waals surface area contributed by atoms with Crippen LogP contribution in [0.15, 0.2) is 0 Å². The Morgan fingerprint density at radius 2 is 1.86 bits per heavy atom. The van der Waals surface area contributed by atoms with Crippen molar-refractivity contribution in [2.75, 3.05) is 26.2 Å². The van der Waals surface area contributed by atoms with Crippen LogP contribution in [-0.4, -0.2) is 64.6 Å². The first-order valence-electron chi connectivity index (χ1n) is 7.64. The van der Waals surface area contributed by atoms with Gasteiger partial charge in [-0.1, -0.05) is 0 Å². The average Bonchev–Trinajstić information content (AvgIpc) is 3.09. The second kappa shape index (κ2) is 5.70. The molecule has 0 atom stereocenters. The molecule has 2 rings (SSSR count). The van der Waals surface area contributed by atoms with Gasteiger partial charge < -0.3 is 25.2 Å². The first-order chi connectivity index (χ1) is 10.1. The van der Waals surface area contributed by atoms with Gasteiger partial charge in [0.1, 0.15) is 5.60 Å². The maximum atomic E-state index is 12.0. The summed E-state index contributed by atoms with van der Waals surface area (Å²) < 4.78 is 5.29. The van der Waals surface area contributed by atoms with E-state index in [0.29, 0.717) is 19.6 Å². The summed E-state index contributed by atoms with van der Waals surface area (Å²) >= 11 is 0. The van der Waals surface area contributed by atoms with Crippen molar-refractivity contribution in [3.63, 3.8) is 0 Å². The van der Waals surface area contributed by atoms with Crippen LogP contribution < -0.4 is 5.32 Å². The normalized spacial score (nSPS) is 21.9. The molecule has 0 unspecified atom stereocenters. The largest absolute Gasteiger partial charge is 0.481 e. The molecule has 0 aromatic heterocycles. The Kier molecular flexibility index (Phi) is 4.41. The minimum absolute atomic E-state index is 0.0478. The van der Waals surface area contributed by atoms with Crippen molar-refractivity contribution in [2.45, 2.75) is 51.2 Å². The van der Waals surface area contributed by atoms with E-state index in [1.54, 1.807) is 20.8 Å². The van der Waals surface area contributed by atoms with Crippen molar-refractivity contribution in [2.24, 2.45) is 5.41 Å². The van der Waals surface area contributed by atoms with E-state index in [2.05, 4.69) is 5.32 Å². The second-order valence-electron chi connectivity index (χ2n) is 7.70. The van der Waals surface area contributed by atoms with E-state index in [9.17, 15) is 14.7 Å². The van der Waals surface area contributed by atoms with E-state index in [4.69, 9.17) is 9.84 Å². The number of aliphatic carboxylic acids is 1. The number of carbonyl (C=O) groups is 2. The van der Waals surface area contributed by atoms with E-state index in [0.717, 1.165) is 12.8 Å². The molecule has 1 amide bonds. The molecule has 0 spiro atoms. The van der Waals surface area contributed by atoms with Crippen LogP contribution in [0, 0.1) is 5.41 Å². The molecule has 126 valence electrons. The van der Waals surface area contributed by atoms with Crippen LogP contribution in [0.3, 0.4) is 0 Å². The number of nitrogens with one attached hydrogen (secondary N) is 1. The smallest absolute Gasteiger partial charge is 0.410 e. The van der Waals surface area contributed by atoms with Crippen molar-refractivity contribution in [1.29, 1.82) is 0 Å². The van der Waals surface area contributed by atoms with Gasteiger partial charge in [0.25, 0.3) is 0 Å². The number of carbonyl (C=O) groups excluding carboxylic acids is 1. The zero-order valence-corrected chi connectivity index (χ0v) is 13.5. The van der Waals surface area contributed by atoms with Gasteiger partial charge in [-0.3, -0.25) is 4.79 Å². The van der Waals surface area contributed by atoms with E-state index in [1.165, 1.54) is 4.90 Å². The third kappa shape index (κ3) is 4.10. The minimum Gasteiger partial charge on any atom is -0.481 e. The molecule has 7 heteroatoms. The first-order valence-corrected chi connectivity index (χ1v) is 7.64. The Bertz CT molecular complexity index is 447. The van der Waals surface area contributed by atoms with Gasteiger partial charge in [-0.15, -0.1) is 0 Å². The molecular formula is C15H26N2O5. The lowest BCUT2D eigenvalue weighted by Gasteiger charge is -2.50. The van der Waals surface area contributed by atoms with Crippen LogP contribution >= 0.6 is 0 Å². The molecule has 0 radical (unpaired) electrons. The lowest BCUT2D eigenvalue weighted by atomic mass is 9.85. The summed E-state index contributed by atoms with van der Waals surface area (Å²) in [5, 5.41) is 21.7. The summed E-state index contributed by atoms with van der Waals surface area (Å²) in [5.41, 5.74) is -1.28.